The zero-order valence-corrected chi connectivity index (χ0v) is 17.9. The number of carbonyl (C=O) groups excluding carboxylic acids is 1. The third kappa shape index (κ3) is 3.60. The Morgan fingerprint density at radius 1 is 0.968 bits per heavy atom. The summed E-state index contributed by atoms with van der Waals surface area (Å²) in [4.78, 5) is 15.5. The van der Waals surface area contributed by atoms with Crippen LogP contribution in [0.15, 0.2) is 91.1 Å². The first-order valence-corrected chi connectivity index (χ1v) is 10.6. The van der Waals surface area contributed by atoms with Crippen LogP contribution in [0.5, 0.6) is 0 Å². The van der Waals surface area contributed by atoms with Gasteiger partial charge < -0.3 is 14.8 Å². The zero-order valence-electron chi connectivity index (χ0n) is 17.1. The third-order valence-corrected chi connectivity index (χ3v) is 6.01. The summed E-state index contributed by atoms with van der Waals surface area (Å²) in [5.41, 5.74) is 6.00. The quantitative estimate of drug-likeness (QED) is 0.385. The predicted octanol–water partition coefficient (Wildman–Crippen LogP) is 6.58. The average molecular weight is 428 g/mol. The molecular formula is C26H22ClN3O. The second-order valence-corrected chi connectivity index (χ2v) is 8.20. The molecule has 0 radical (unpaired) electrons. The Morgan fingerprint density at radius 2 is 1.77 bits per heavy atom. The standard InChI is InChI=1S/C26H22ClN3O/c1-18-8-2-4-12-22(18)28-26(31)30-17-20-9-3-5-13-23(20)29-15-7-14-24(29)25(30)19-10-6-11-21(27)16-19/h2-16,25H,17H2,1H3,(H,28,31)/t25-/m1/s1. The van der Waals surface area contributed by atoms with Crippen molar-refractivity contribution in [2.24, 2.45) is 0 Å². The number of anilines is 1. The van der Waals surface area contributed by atoms with Gasteiger partial charge in [0.25, 0.3) is 0 Å². The summed E-state index contributed by atoms with van der Waals surface area (Å²) in [6.07, 6.45) is 2.05. The molecule has 4 nitrogen and oxygen atoms in total. The van der Waals surface area contributed by atoms with E-state index in [4.69, 9.17) is 11.6 Å². The lowest BCUT2D eigenvalue weighted by atomic mass is 10.0. The van der Waals surface area contributed by atoms with Gasteiger partial charge >= 0.3 is 6.03 Å². The van der Waals surface area contributed by atoms with Gasteiger partial charge in [0.15, 0.2) is 0 Å². The maximum Gasteiger partial charge on any atom is 0.322 e. The maximum absolute atomic E-state index is 13.7. The molecule has 1 N–H and O–H groups in total. The summed E-state index contributed by atoms with van der Waals surface area (Å²) in [5.74, 6) is 0. The van der Waals surface area contributed by atoms with Crippen LogP contribution in [0.25, 0.3) is 5.69 Å². The van der Waals surface area contributed by atoms with E-state index in [1.165, 1.54) is 0 Å². The molecule has 4 aromatic rings. The lowest BCUT2D eigenvalue weighted by molar-refractivity contribution is 0.194. The number of rotatable bonds is 2. The molecule has 0 aliphatic carbocycles. The van der Waals surface area contributed by atoms with Gasteiger partial charge in [0, 0.05) is 22.6 Å². The van der Waals surface area contributed by atoms with Crippen LogP contribution < -0.4 is 5.32 Å². The molecule has 1 aliphatic heterocycles. The molecule has 3 aromatic carbocycles. The number of carbonyl (C=O) groups is 1. The number of fused-ring (bicyclic) bond motifs is 3. The van der Waals surface area contributed by atoms with Crippen molar-refractivity contribution in [1.29, 1.82) is 0 Å². The zero-order chi connectivity index (χ0) is 21.4. The van der Waals surface area contributed by atoms with Gasteiger partial charge in [-0.2, -0.15) is 0 Å². The van der Waals surface area contributed by atoms with Crippen LogP contribution in [0.4, 0.5) is 10.5 Å². The highest BCUT2D eigenvalue weighted by Crippen LogP contribution is 2.37. The Balaban J connectivity index is 1.65. The Labute approximate surface area is 186 Å². The molecule has 5 heteroatoms. The fraction of sp³-hybridized carbons (Fsp3) is 0.115. The van der Waals surface area contributed by atoms with Crippen LogP contribution in [0, 0.1) is 6.92 Å². The van der Waals surface area contributed by atoms with Gasteiger partial charge in [-0.15, -0.1) is 0 Å². The molecule has 0 saturated carbocycles. The van der Waals surface area contributed by atoms with Crippen LogP contribution in [0.2, 0.25) is 5.02 Å². The Hall–Kier alpha value is -3.50. The highest BCUT2D eigenvalue weighted by Gasteiger charge is 2.33. The van der Waals surface area contributed by atoms with E-state index in [-0.39, 0.29) is 12.1 Å². The number of nitrogens with zero attached hydrogens (tertiary/aromatic N) is 2. The summed E-state index contributed by atoms with van der Waals surface area (Å²) < 4.78 is 2.17. The lowest BCUT2D eigenvalue weighted by Gasteiger charge is -2.31. The third-order valence-electron chi connectivity index (χ3n) is 5.78. The molecule has 154 valence electrons. The molecule has 0 saturated heterocycles. The number of halogens is 1. The van der Waals surface area contributed by atoms with Crippen molar-refractivity contribution < 1.29 is 4.79 Å². The van der Waals surface area contributed by atoms with Gasteiger partial charge in [-0.3, -0.25) is 0 Å². The van der Waals surface area contributed by atoms with E-state index in [1.54, 1.807) is 0 Å². The minimum atomic E-state index is -0.287. The Kier molecular flexibility index (Phi) is 5.00. The highest BCUT2D eigenvalue weighted by molar-refractivity contribution is 6.30. The van der Waals surface area contributed by atoms with Gasteiger partial charge in [-0.1, -0.05) is 60.1 Å². The fourth-order valence-electron chi connectivity index (χ4n) is 4.27. The first kappa shape index (κ1) is 19.5. The largest absolute Gasteiger partial charge is 0.322 e. The van der Waals surface area contributed by atoms with Crippen molar-refractivity contribution in [3.05, 3.63) is 119 Å². The highest BCUT2D eigenvalue weighted by atomic mass is 35.5. The molecule has 2 amide bonds. The molecule has 5 rings (SSSR count). The van der Waals surface area contributed by atoms with Crippen molar-refractivity contribution in [2.45, 2.75) is 19.5 Å². The Bertz CT molecular complexity index is 1260. The van der Waals surface area contributed by atoms with Crippen molar-refractivity contribution in [3.8, 4) is 5.69 Å². The van der Waals surface area contributed by atoms with Gasteiger partial charge in [0.05, 0.1) is 18.3 Å². The van der Waals surface area contributed by atoms with Crippen molar-refractivity contribution >= 4 is 23.3 Å². The molecule has 1 aromatic heterocycles. The van der Waals surface area contributed by atoms with Crippen LogP contribution in [-0.2, 0) is 6.54 Å². The van der Waals surface area contributed by atoms with Crippen LogP contribution in [0.3, 0.4) is 0 Å². The van der Waals surface area contributed by atoms with E-state index in [0.717, 1.165) is 33.8 Å². The van der Waals surface area contributed by atoms with Gasteiger partial charge in [-0.05, 0) is 60.0 Å². The Morgan fingerprint density at radius 3 is 2.61 bits per heavy atom. The molecule has 0 unspecified atom stereocenters. The monoisotopic (exact) mass is 427 g/mol. The van der Waals surface area contributed by atoms with Gasteiger partial charge in [0.1, 0.15) is 0 Å². The number of aromatic nitrogens is 1. The van der Waals surface area contributed by atoms with E-state index in [9.17, 15) is 4.79 Å². The van der Waals surface area contributed by atoms with Crippen LogP contribution in [-0.4, -0.2) is 15.5 Å². The molecule has 1 atom stereocenters. The van der Waals surface area contributed by atoms with Crippen molar-refractivity contribution in [3.63, 3.8) is 0 Å². The minimum absolute atomic E-state index is 0.149. The van der Waals surface area contributed by atoms with Crippen molar-refractivity contribution in [2.75, 3.05) is 5.32 Å². The van der Waals surface area contributed by atoms with E-state index >= 15 is 0 Å². The normalized spacial score (nSPS) is 15.0. The van der Waals surface area contributed by atoms with E-state index in [2.05, 4.69) is 34.3 Å². The van der Waals surface area contributed by atoms with Crippen LogP contribution >= 0.6 is 11.6 Å². The lowest BCUT2D eigenvalue weighted by Crippen LogP contribution is -2.38. The first-order chi connectivity index (χ1) is 15.1. The molecule has 2 heterocycles. The summed E-state index contributed by atoms with van der Waals surface area (Å²) in [6.45, 7) is 2.47. The number of urea groups is 1. The molecule has 0 spiro atoms. The maximum atomic E-state index is 13.7. The van der Waals surface area contributed by atoms with E-state index in [1.807, 2.05) is 78.6 Å². The van der Waals surface area contributed by atoms with Gasteiger partial charge in [0.2, 0.25) is 0 Å². The summed E-state index contributed by atoms with van der Waals surface area (Å²) >= 11 is 6.35. The number of hydrogen-bond acceptors (Lipinski definition) is 1. The fourth-order valence-corrected chi connectivity index (χ4v) is 4.47. The van der Waals surface area contributed by atoms with Crippen molar-refractivity contribution in [1.82, 2.24) is 9.47 Å². The second-order valence-electron chi connectivity index (χ2n) is 7.76. The molecule has 1 aliphatic rings. The SMILES string of the molecule is Cc1ccccc1NC(=O)N1Cc2ccccc2-n2cccc2[C@H]1c1cccc(Cl)c1. The molecule has 0 fully saturated rings. The molecule has 0 bridgehead atoms. The average Bonchev–Trinajstić information content (AvgIpc) is 3.19. The smallest absolute Gasteiger partial charge is 0.318 e. The second kappa shape index (κ2) is 7.97. The number of nitrogens with one attached hydrogen (secondary N) is 1. The molecular weight excluding hydrogens is 406 g/mol. The summed E-state index contributed by atoms with van der Waals surface area (Å²) in [7, 11) is 0. The van der Waals surface area contributed by atoms with Gasteiger partial charge in [-0.25, -0.2) is 4.79 Å². The topological polar surface area (TPSA) is 37.3 Å². The first-order valence-electron chi connectivity index (χ1n) is 10.3. The summed E-state index contributed by atoms with van der Waals surface area (Å²) in [5, 5.41) is 3.77. The summed E-state index contributed by atoms with van der Waals surface area (Å²) in [6, 6.07) is 27.4. The van der Waals surface area contributed by atoms with Crippen LogP contribution in [0.1, 0.15) is 28.4 Å². The number of hydrogen-bond donors (Lipinski definition) is 1. The minimum Gasteiger partial charge on any atom is -0.318 e. The number of para-hydroxylation sites is 2. The van der Waals surface area contributed by atoms with E-state index < -0.39 is 0 Å². The number of amides is 2. The number of aryl methyl sites for hydroxylation is 1. The molecule has 31 heavy (non-hydrogen) atoms. The predicted molar refractivity (Wildman–Crippen MR) is 125 cm³/mol. The van der Waals surface area contributed by atoms with E-state index in [0.29, 0.717) is 11.6 Å². The number of benzene rings is 3.